The summed E-state index contributed by atoms with van der Waals surface area (Å²) in [7, 11) is -1.37. The Kier molecular flexibility index (Phi) is 4.92. The molecule has 1 aromatic carbocycles. The summed E-state index contributed by atoms with van der Waals surface area (Å²) in [5, 5.41) is 0. The molecule has 19 heavy (non-hydrogen) atoms. The Labute approximate surface area is 120 Å². The molecule has 0 unspecified atom stereocenters. The largest absolute Gasteiger partial charge is 0.416 e. The molecule has 0 nitrogen and oxygen atoms in total. The maximum Gasteiger partial charge on any atom is 0.416 e. The molecule has 0 aliphatic rings. The van der Waals surface area contributed by atoms with Crippen LogP contribution in [0.5, 0.6) is 0 Å². The molecule has 0 spiro atoms. The van der Waals surface area contributed by atoms with Crippen LogP contribution in [0.3, 0.4) is 0 Å². The first-order valence-electron chi connectivity index (χ1n) is 4.38. The van der Waals surface area contributed by atoms with E-state index in [4.69, 9.17) is 0 Å². The van der Waals surface area contributed by atoms with E-state index < -0.39 is 31.1 Å². The van der Waals surface area contributed by atoms with E-state index in [1.807, 2.05) is 0 Å². The summed E-state index contributed by atoms with van der Waals surface area (Å²) in [4.78, 5) is 0. The predicted octanol–water partition coefficient (Wildman–Crippen LogP) is 3.67. The van der Waals surface area contributed by atoms with Crippen LogP contribution in [-0.2, 0) is 42.3 Å². The molecular formula is C9H4F6S4. The summed E-state index contributed by atoms with van der Waals surface area (Å²) in [6, 6.07) is 1.14. The van der Waals surface area contributed by atoms with Crippen LogP contribution in [-0.4, -0.2) is 4.20 Å². The topological polar surface area (TPSA) is 0 Å². The minimum atomic E-state index is -4.90. The summed E-state index contributed by atoms with van der Waals surface area (Å²) >= 11 is 13.0. The molecule has 106 valence electrons. The molecule has 0 N–H and O–H groups in total. The third-order valence-electron chi connectivity index (χ3n) is 1.99. The van der Waals surface area contributed by atoms with Crippen LogP contribution in [0.15, 0.2) is 18.2 Å². The van der Waals surface area contributed by atoms with Crippen molar-refractivity contribution in [2.45, 2.75) is 12.4 Å². The molecule has 0 fully saturated rings. The lowest BCUT2D eigenvalue weighted by Gasteiger charge is -2.13. The van der Waals surface area contributed by atoms with Crippen LogP contribution in [0.1, 0.15) is 16.7 Å². The van der Waals surface area contributed by atoms with E-state index in [2.05, 4.69) is 35.0 Å². The summed E-state index contributed by atoms with van der Waals surface area (Å²) < 4.78 is 75.1. The van der Waals surface area contributed by atoms with Crippen LogP contribution in [0.25, 0.3) is 0 Å². The van der Waals surface area contributed by atoms with Gasteiger partial charge in [0, 0.05) is 0 Å². The highest BCUT2D eigenvalue weighted by Gasteiger charge is 2.37. The first-order valence-corrected chi connectivity index (χ1v) is 7.90. The van der Waals surface area contributed by atoms with Gasteiger partial charge in [0.1, 0.15) is 0 Å². The van der Waals surface area contributed by atoms with Crippen molar-refractivity contribution in [3.63, 3.8) is 0 Å². The molecule has 0 bridgehead atoms. The maximum absolute atomic E-state index is 12.5. The van der Waals surface area contributed by atoms with Crippen LogP contribution in [0, 0.1) is 0 Å². The third-order valence-corrected chi connectivity index (χ3v) is 5.09. The maximum atomic E-state index is 12.5. The van der Waals surface area contributed by atoms with Gasteiger partial charge < -0.3 is 0 Å². The van der Waals surface area contributed by atoms with Crippen LogP contribution in [0.2, 0.25) is 0 Å². The number of thiol groups is 1. The van der Waals surface area contributed by atoms with Gasteiger partial charge in [0.05, 0.1) is 15.3 Å². The van der Waals surface area contributed by atoms with E-state index in [9.17, 15) is 26.3 Å². The van der Waals surface area contributed by atoms with Gasteiger partial charge in [0.15, 0.2) is 0 Å². The summed E-state index contributed by atoms with van der Waals surface area (Å²) in [6.07, 6.45) is -9.79. The number of benzene rings is 1. The molecule has 0 aliphatic heterocycles. The fraction of sp³-hybridized carbons (Fsp3) is 0.222. The Morgan fingerprint density at radius 3 is 1.53 bits per heavy atom. The normalized spacial score (nSPS) is 12.4. The van der Waals surface area contributed by atoms with Crippen LogP contribution >= 0.6 is 12.6 Å². The molecule has 1 aromatic rings. The van der Waals surface area contributed by atoms with Crippen molar-refractivity contribution >= 4 is 46.8 Å². The zero-order valence-corrected chi connectivity index (χ0v) is 12.0. The predicted molar refractivity (Wildman–Crippen MR) is 71.6 cm³/mol. The molecule has 0 amide bonds. The standard InChI is InChI=1S/C9H4F6S4/c10-8(11,12)5-1-4(7(16)19(17)18)2-6(3-5)9(13,14)15/h1-3,16H. The zero-order chi connectivity index (χ0) is 15.0. The van der Waals surface area contributed by atoms with E-state index >= 15 is 0 Å². The average molecular weight is 354 g/mol. The van der Waals surface area contributed by atoms with Gasteiger partial charge in [0.2, 0.25) is 0 Å². The summed E-state index contributed by atoms with van der Waals surface area (Å²) in [6.45, 7) is 0. The third kappa shape index (κ3) is 4.33. The van der Waals surface area contributed by atoms with E-state index in [1.165, 1.54) is 0 Å². The molecule has 1 rings (SSSR count). The Morgan fingerprint density at radius 1 is 0.895 bits per heavy atom. The molecule has 0 aromatic heterocycles. The Balaban J connectivity index is 3.65. The van der Waals surface area contributed by atoms with Gasteiger partial charge in [-0.15, -0.1) is 12.6 Å². The van der Waals surface area contributed by atoms with Crippen LogP contribution < -0.4 is 0 Å². The van der Waals surface area contributed by atoms with Crippen molar-refractivity contribution < 1.29 is 26.3 Å². The molecule has 0 atom stereocenters. The fourth-order valence-corrected chi connectivity index (χ4v) is 2.19. The number of hydrogen-bond acceptors (Lipinski definition) is 2. The highest BCUT2D eigenvalue weighted by atomic mass is 33.1. The second-order valence-corrected chi connectivity index (χ2v) is 7.59. The van der Waals surface area contributed by atoms with Gasteiger partial charge in [0.25, 0.3) is 0 Å². The lowest BCUT2D eigenvalue weighted by molar-refractivity contribution is -0.143. The second kappa shape index (κ2) is 5.58. The monoisotopic (exact) mass is 354 g/mol. The van der Waals surface area contributed by atoms with Gasteiger partial charge >= 0.3 is 12.4 Å². The minimum absolute atomic E-state index is 0.0371. The number of alkyl halides is 6. The van der Waals surface area contributed by atoms with Crippen molar-refractivity contribution in [2.75, 3.05) is 0 Å². The average Bonchev–Trinajstić information content (AvgIpc) is 2.24. The van der Waals surface area contributed by atoms with Gasteiger partial charge in [-0.3, -0.25) is 0 Å². The van der Waals surface area contributed by atoms with Gasteiger partial charge in [-0.05, 0) is 46.1 Å². The highest BCUT2D eigenvalue weighted by Crippen LogP contribution is 2.36. The second-order valence-electron chi connectivity index (χ2n) is 3.33. The lowest BCUT2D eigenvalue weighted by atomic mass is 10.1. The number of halogens is 6. The molecule has 10 heteroatoms. The van der Waals surface area contributed by atoms with E-state index in [0.717, 1.165) is 0 Å². The fourth-order valence-electron chi connectivity index (χ4n) is 1.17. The highest BCUT2D eigenvalue weighted by molar-refractivity contribution is 8.49. The van der Waals surface area contributed by atoms with Crippen molar-refractivity contribution in [3.05, 3.63) is 34.9 Å². The molecule has 0 radical (unpaired) electrons. The number of hydrogen-bond donors (Lipinski definition) is 1. The van der Waals surface area contributed by atoms with Crippen molar-refractivity contribution in [3.8, 4) is 0 Å². The summed E-state index contributed by atoms with van der Waals surface area (Å²) in [5.41, 5.74) is -3.20. The van der Waals surface area contributed by atoms with Crippen molar-refractivity contribution in [1.82, 2.24) is 0 Å². The summed E-state index contributed by atoms with van der Waals surface area (Å²) in [5.74, 6) is 0. The minimum Gasteiger partial charge on any atom is -0.166 e. The first-order chi connectivity index (χ1) is 8.43. The first kappa shape index (κ1) is 16.7. The molecule has 0 aliphatic carbocycles. The smallest absolute Gasteiger partial charge is 0.166 e. The Hall–Kier alpha value is -0.320. The molecule has 0 heterocycles. The molecular weight excluding hydrogens is 350 g/mol. The van der Waals surface area contributed by atoms with E-state index in [1.54, 1.807) is 0 Å². The van der Waals surface area contributed by atoms with Gasteiger partial charge in [-0.1, -0.05) is 7.60 Å². The molecule has 0 saturated heterocycles. The van der Waals surface area contributed by atoms with Crippen LogP contribution in [0.4, 0.5) is 26.3 Å². The van der Waals surface area contributed by atoms with Crippen molar-refractivity contribution in [1.29, 1.82) is 0 Å². The van der Waals surface area contributed by atoms with Gasteiger partial charge in [-0.2, -0.15) is 26.3 Å². The van der Waals surface area contributed by atoms with E-state index in [-0.39, 0.29) is 15.8 Å². The lowest BCUT2D eigenvalue weighted by Crippen LogP contribution is -2.12. The van der Waals surface area contributed by atoms with E-state index in [0.29, 0.717) is 12.1 Å². The van der Waals surface area contributed by atoms with Gasteiger partial charge in [-0.25, -0.2) is 0 Å². The Bertz CT molecular complexity index is 583. The van der Waals surface area contributed by atoms with Crippen molar-refractivity contribution in [2.24, 2.45) is 0 Å². The molecule has 0 saturated carbocycles. The number of rotatable bonds is 1. The zero-order valence-electron chi connectivity index (χ0n) is 8.67. The Morgan fingerprint density at radius 2 is 1.26 bits per heavy atom. The quantitative estimate of drug-likeness (QED) is 0.464. The SMILES string of the molecule is FC(F)(F)c1cc(C(S)=S(=S)=S)cc(C(F)(F)F)c1.